The Labute approximate surface area is 173 Å². The van der Waals surface area contributed by atoms with Gasteiger partial charge in [-0.3, -0.25) is 4.90 Å². The molecule has 1 aromatic carbocycles. The Morgan fingerprint density at radius 1 is 1.24 bits per heavy atom. The predicted octanol–water partition coefficient (Wildman–Crippen LogP) is 1.72. The summed E-state index contributed by atoms with van der Waals surface area (Å²) >= 11 is 0. The number of hydrogen-bond acceptors (Lipinski definition) is 5. The van der Waals surface area contributed by atoms with Gasteiger partial charge in [0.15, 0.2) is 11.8 Å². The van der Waals surface area contributed by atoms with Crippen molar-refractivity contribution >= 4 is 5.96 Å². The molecule has 1 fully saturated rings. The van der Waals surface area contributed by atoms with Crippen LogP contribution in [-0.4, -0.2) is 64.5 Å². The van der Waals surface area contributed by atoms with E-state index in [4.69, 9.17) is 9.73 Å². The standard InChI is InChI=1S/C21H33N7O/c1-4-28-13-8-9-18(28)15-23-21(24-16-20-26-25-17(2)27(20)3)22-12-14-29-19-10-6-5-7-11-19/h5-7,10-11,18H,4,8-9,12-16H2,1-3H3,(H2,22,23,24). The lowest BCUT2D eigenvalue weighted by molar-refractivity contribution is 0.266. The number of likely N-dealkylation sites (N-methyl/N-ethyl adjacent to an activating group) is 1. The molecule has 158 valence electrons. The maximum absolute atomic E-state index is 5.77. The number of rotatable bonds is 9. The van der Waals surface area contributed by atoms with E-state index in [1.807, 2.05) is 48.9 Å². The summed E-state index contributed by atoms with van der Waals surface area (Å²) in [5, 5.41) is 15.2. The van der Waals surface area contributed by atoms with Gasteiger partial charge < -0.3 is 19.9 Å². The van der Waals surface area contributed by atoms with Crippen molar-refractivity contribution < 1.29 is 4.74 Å². The molecule has 8 heteroatoms. The largest absolute Gasteiger partial charge is 0.492 e. The zero-order valence-corrected chi connectivity index (χ0v) is 17.8. The highest BCUT2D eigenvalue weighted by atomic mass is 16.5. The summed E-state index contributed by atoms with van der Waals surface area (Å²) in [5.41, 5.74) is 0. The molecule has 29 heavy (non-hydrogen) atoms. The molecule has 0 bridgehead atoms. The van der Waals surface area contributed by atoms with Gasteiger partial charge in [-0.05, 0) is 45.0 Å². The first-order valence-corrected chi connectivity index (χ1v) is 10.5. The lowest BCUT2D eigenvalue weighted by atomic mass is 10.2. The van der Waals surface area contributed by atoms with Gasteiger partial charge in [0.2, 0.25) is 0 Å². The molecule has 8 nitrogen and oxygen atoms in total. The molecule has 1 saturated heterocycles. The van der Waals surface area contributed by atoms with Gasteiger partial charge in [-0.1, -0.05) is 25.1 Å². The monoisotopic (exact) mass is 399 g/mol. The van der Waals surface area contributed by atoms with Crippen molar-refractivity contribution in [2.45, 2.75) is 39.3 Å². The lowest BCUT2D eigenvalue weighted by Gasteiger charge is -2.24. The molecule has 2 heterocycles. The molecule has 1 aliphatic heterocycles. The molecule has 2 aromatic rings. The summed E-state index contributed by atoms with van der Waals surface area (Å²) in [6.07, 6.45) is 2.50. The van der Waals surface area contributed by atoms with Crippen LogP contribution < -0.4 is 15.4 Å². The zero-order valence-electron chi connectivity index (χ0n) is 17.8. The van der Waals surface area contributed by atoms with Crippen molar-refractivity contribution in [3.05, 3.63) is 42.0 Å². The van der Waals surface area contributed by atoms with E-state index < -0.39 is 0 Å². The van der Waals surface area contributed by atoms with Crippen LogP contribution in [0.1, 0.15) is 31.4 Å². The van der Waals surface area contributed by atoms with Crippen molar-refractivity contribution in [3.8, 4) is 5.75 Å². The van der Waals surface area contributed by atoms with Crippen molar-refractivity contribution in [2.75, 3.05) is 32.8 Å². The molecule has 0 saturated carbocycles. The molecule has 1 aromatic heterocycles. The minimum Gasteiger partial charge on any atom is -0.492 e. The minimum atomic E-state index is 0.481. The van der Waals surface area contributed by atoms with E-state index in [2.05, 4.69) is 32.7 Å². The maximum Gasteiger partial charge on any atom is 0.191 e. The normalized spacial score (nSPS) is 17.5. The van der Waals surface area contributed by atoms with Gasteiger partial charge in [0.05, 0.1) is 6.54 Å². The summed E-state index contributed by atoms with van der Waals surface area (Å²) in [5.74, 6) is 3.39. The minimum absolute atomic E-state index is 0.481. The smallest absolute Gasteiger partial charge is 0.191 e. The van der Waals surface area contributed by atoms with Crippen molar-refractivity contribution in [1.82, 2.24) is 30.3 Å². The van der Waals surface area contributed by atoms with Gasteiger partial charge in [0.25, 0.3) is 0 Å². The number of likely N-dealkylation sites (tertiary alicyclic amines) is 1. The number of aliphatic imine (C=N–C) groups is 1. The Hall–Kier alpha value is -2.61. The number of ether oxygens (including phenoxy) is 1. The number of hydrogen-bond donors (Lipinski definition) is 2. The summed E-state index contributed by atoms with van der Waals surface area (Å²) in [4.78, 5) is 7.24. The fraction of sp³-hybridized carbons (Fsp3) is 0.571. The van der Waals surface area contributed by atoms with E-state index in [0.29, 0.717) is 25.7 Å². The SMILES string of the molecule is CCN1CCCC1CNC(=NCc1nnc(C)n1C)NCCOc1ccccc1. The topological polar surface area (TPSA) is 79.6 Å². The van der Waals surface area contributed by atoms with Gasteiger partial charge in [-0.15, -0.1) is 10.2 Å². The molecule has 0 amide bonds. The Morgan fingerprint density at radius 3 is 2.79 bits per heavy atom. The van der Waals surface area contributed by atoms with Gasteiger partial charge in [0.1, 0.15) is 24.7 Å². The summed E-state index contributed by atoms with van der Waals surface area (Å²) in [6.45, 7) is 9.05. The van der Waals surface area contributed by atoms with Crippen molar-refractivity contribution in [2.24, 2.45) is 12.0 Å². The molecule has 0 aliphatic carbocycles. The van der Waals surface area contributed by atoms with Crippen LogP contribution in [0.15, 0.2) is 35.3 Å². The predicted molar refractivity (Wildman–Crippen MR) is 115 cm³/mol. The molecular formula is C21H33N7O. The molecular weight excluding hydrogens is 366 g/mol. The highest BCUT2D eigenvalue weighted by Gasteiger charge is 2.22. The number of guanidine groups is 1. The molecule has 1 atom stereocenters. The van der Waals surface area contributed by atoms with Crippen molar-refractivity contribution in [3.63, 3.8) is 0 Å². The molecule has 2 N–H and O–H groups in total. The average molecular weight is 400 g/mol. The second-order valence-corrected chi connectivity index (χ2v) is 7.28. The fourth-order valence-corrected chi connectivity index (χ4v) is 3.52. The van der Waals surface area contributed by atoms with Crippen LogP contribution in [0.5, 0.6) is 5.75 Å². The zero-order chi connectivity index (χ0) is 20.5. The Bertz CT molecular complexity index is 775. The average Bonchev–Trinajstić information content (AvgIpc) is 3.34. The number of nitrogens with zero attached hydrogens (tertiary/aromatic N) is 5. The van der Waals surface area contributed by atoms with Gasteiger partial charge in [-0.25, -0.2) is 4.99 Å². The molecule has 0 spiro atoms. The summed E-state index contributed by atoms with van der Waals surface area (Å²) in [6, 6.07) is 10.4. The second-order valence-electron chi connectivity index (χ2n) is 7.28. The van der Waals surface area contributed by atoms with Crippen LogP contribution in [0.2, 0.25) is 0 Å². The highest BCUT2D eigenvalue weighted by Crippen LogP contribution is 2.15. The van der Waals surface area contributed by atoms with Gasteiger partial charge in [0, 0.05) is 19.6 Å². The molecule has 1 aliphatic rings. The van der Waals surface area contributed by atoms with Crippen LogP contribution >= 0.6 is 0 Å². The Morgan fingerprint density at radius 2 is 2.07 bits per heavy atom. The maximum atomic E-state index is 5.77. The van der Waals surface area contributed by atoms with E-state index in [9.17, 15) is 0 Å². The quantitative estimate of drug-likeness (QED) is 0.380. The highest BCUT2D eigenvalue weighted by molar-refractivity contribution is 5.79. The van der Waals surface area contributed by atoms with Crippen LogP contribution in [0, 0.1) is 6.92 Å². The molecule has 1 unspecified atom stereocenters. The molecule has 3 rings (SSSR count). The first-order valence-electron chi connectivity index (χ1n) is 10.5. The van der Waals surface area contributed by atoms with E-state index >= 15 is 0 Å². The number of benzene rings is 1. The Balaban J connectivity index is 1.54. The van der Waals surface area contributed by atoms with Gasteiger partial charge >= 0.3 is 0 Å². The van der Waals surface area contributed by atoms with Crippen LogP contribution in [-0.2, 0) is 13.6 Å². The first-order chi connectivity index (χ1) is 14.2. The lowest BCUT2D eigenvalue weighted by Crippen LogP contribution is -2.45. The van der Waals surface area contributed by atoms with E-state index in [1.54, 1.807) is 0 Å². The second kappa shape index (κ2) is 10.8. The first kappa shape index (κ1) is 21.1. The third kappa shape index (κ3) is 6.19. The van der Waals surface area contributed by atoms with Crippen LogP contribution in [0.3, 0.4) is 0 Å². The number of aromatic nitrogens is 3. The third-order valence-electron chi connectivity index (χ3n) is 5.38. The van der Waals surface area contributed by atoms with Crippen LogP contribution in [0.4, 0.5) is 0 Å². The number of aryl methyl sites for hydroxylation is 1. The number of nitrogens with one attached hydrogen (secondary N) is 2. The summed E-state index contributed by atoms with van der Waals surface area (Å²) < 4.78 is 7.74. The fourth-order valence-electron chi connectivity index (χ4n) is 3.52. The Kier molecular flexibility index (Phi) is 7.86. The van der Waals surface area contributed by atoms with Crippen molar-refractivity contribution in [1.29, 1.82) is 0 Å². The van der Waals surface area contributed by atoms with E-state index in [1.165, 1.54) is 19.4 Å². The van der Waals surface area contributed by atoms with Gasteiger partial charge in [-0.2, -0.15) is 0 Å². The molecule has 0 radical (unpaired) electrons. The number of para-hydroxylation sites is 1. The summed E-state index contributed by atoms with van der Waals surface area (Å²) in [7, 11) is 1.96. The van der Waals surface area contributed by atoms with E-state index in [-0.39, 0.29) is 0 Å². The van der Waals surface area contributed by atoms with Crippen LogP contribution in [0.25, 0.3) is 0 Å². The van der Waals surface area contributed by atoms with E-state index in [0.717, 1.165) is 36.4 Å². The third-order valence-corrected chi connectivity index (χ3v) is 5.38.